The van der Waals surface area contributed by atoms with Crippen molar-refractivity contribution in [2.45, 2.75) is 19.8 Å². The molecule has 3 nitrogen and oxygen atoms in total. The normalized spacial score (nSPS) is 10.8. The second kappa shape index (κ2) is 5.22. The van der Waals surface area contributed by atoms with Gasteiger partial charge in [-0.15, -0.1) is 0 Å². The molecule has 0 unspecified atom stereocenters. The highest BCUT2D eigenvalue weighted by molar-refractivity contribution is 5.38. The molecule has 0 saturated carbocycles. The number of rotatable bonds is 3. The average Bonchev–Trinajstić information content (AvgIpc) is 2.36. The maximum Gasteiger partial charge on any atom is 0.258 e. The van der Waals surface area contributed by atoms with E-state index in [4.69, 9.17) is 10.5 Å². The Morgan fingerprint density at radius 3 is 2.58 bits per heavy atom. The molecule has 2 N–H and O–H groups in total. The Bertz CT molecular complexity index is 600. The maximum absolute atomic E-state index is 13.5. The van der Waals surface area contributed by atoms with Gasteiger partial charge >= 0.3 is 0 Å². The number of nitrogens with two attached hydrogens (primary N) is 1. The first-order valence-corrected chi connectivity index (χ1v) is 5.86. The highest BCUT2D eigenvalue weighted by Crippen LogP contribution is 2.27. The first kappa shape index (κ1) is 13.3. The van der Waals surface area contributed by atoms with Crippen LogP contribution in [0.5, 0.6) is 11.6 Å². The maximum atomic E-state index is 13.5. The lowest BCUT2D eigenvalue weighted by molar-refractivity contribution is 0.418. The van der Waals surface area contributed by atoms with Gasteiger partial charge in [0, 0.05) is 6.07 Å². The fourth-order valence-corrected chi connectivity index (χ4v) is 1.58. The molecule has 0 aliphatic rings. The van der Waals surface area contributed by atoms with E-state index in [1.54, 1.807) is 18.2 Å². The largest absolute Gasteiger partial charge is 0.436 e. The van der Waals surface area contributed by atoms with Crippen LogP contribution in [0, 0.1) is 11.6 Å². The first-order chi connectivity index (χ1) is 8.97. The zero-order valence-corrected chi connectivity index (χ0v) is 10.7. The van der Waals surface area contributed by atoms with E-state index in [1.165, 1.54) is 0 Å². The summed E-state index contributed by atoms with van der Waals surface area (Å²) in [7, 11) is 0. The van der Waals surface area contributed by atoms with Crippen molar-refractivity contribution in [2.75, 3.05) is 5.73 Å². The van der Waals surface area contributed by atoms with Gasteiger partial charge in [-0.3, -0.25) is 0 Å². The highest BCUT2D eigenvalue weighted by Gasteiger charge is 2.12. The molecular weight excluding hydrogens is 250 g/mol. The van der Waals surface area contributed by atoms with E-state index in [0.717, 1.165) is 5.56 Å². The molecule has 1 aromatic heterocycles. The summed E-state index contributed by atoms with van der Waals surface area (Å²) < 4.78 is 31.8. The van der Waals surface area contributed by atoms with Crippen molar-refractivity contribution < 1.29 is 13.5 Å². The number of aromatic nitrogens is 1. The van der Waals surface area contributed by atoms with Gasteiger partial charge in [0.15, 0.2) is 17.5 Å². The molecular formula is C14H14F2N2O. The summed E-state index contributed by atoms with van der Waals surface area (Å²) in [6.07, 6.45) is 0. The molecule has 100 valence electrons. The summed E-state index contributed by atoms with van der Waals surface area (Å²) in [4.78, 5) is 3.55. The van der Waals surface area contributed by atoms with Crippen molar-refractivity contribution in [2.24, 2.45) is 0 Å². The number of ether oxygens (including phenoxy) is 1. The number of pyridine rings is 1. The van der Waals surface area contributed by atoms with Gasteiger partial charge in [0.2, 0.25) is 0 Å². The number of nitrogen functional groups attached to an aromatic ring is 1. The van der Waals surface area contributed by atoms with Gasteiger partial charge in [-0.2, -0.15) is 4.98 Å². The zero-order chi connectivity index (χ0) is 14.0. The van der Waals surface area contributed by atoms with Gasteiger partial charge in [-0.25, -0.2) is 8.78 Å². The average molecular weight is 264 g/mol. The van der Waals surface area contributed by atoms with Crippen LogP contribution in [0.2, 0.25) is 0 Å². The summed E-state index contributed by atoms with van der Waals surface area (Å²) in [6.45, 7) is 4.07. The van der Waals surface area contributed by atoms with Crippen LogP contribution in [0.15, 0.2) is 30.3 Å². The lowest BCUT2D eigenvalue weighted by atomic mass is 10.0. The quantitative estimate of drug-likeness (QED) is 0.915. The molecule has 0 amide bonds. The van der Waals surface area contributed by atoms with Crippen LogP contribution < -0.4 is 10.5 Å². The van der Waals surface area contributed by atoms with Crippen LogP contribution >= 0.6 is 0 Å². The topological polar surface area (TPSA) is 48.1 Å². The molecule has 0 radical (unpaired) electrons. The Balaban J connectivity index is 2.31. The van der Waals surface area contributed by atoms with Crippen molar-refractivity contribution >= 4 is 5.82 Å². The van der Waals surface area contributed by atoms with Crippen molar-refractivity contribution in [1.82, 2.24) is 4.98 Å². The molecule has 1 aromatic carbocycles. The molecule has 0 fully saturated rings. The summed E-state index contributed by atoms with van der Waals surface area (Å²) in [5.74, 6) is -1.76. The van der Waals surface area contributed by atoms with Gasteiger partial charge in [-0.1, -0.05) is 26.0 Å². The van der Waals surface area contributed by atoms with Gasteiger partial charge in [-0.05, 0) is 23.6 Å². The fraction of sp³-hybridized carbons (Fsp3) is 0.214. The number of anilines is 1. The second-order valence-electron chi connectivity index (χ2n) is 4.47. The van der Waals surface area contributed by atoms with E-state index in [0.29, 0.717) is 17.7 Å². The Hall–Kier alpha value is -2.17. The van der Waals surface area contributed by atoms with Crippen molar-refractivity contribution in [3.05, 3.63) is 47.5 Å². The molecule has 0 aliphatic heterocycles. The van der Waals surface area contributed by atoms with Crippen LogP contribution in [0.1, 0.15) is 25.3 Å². The number of nitrogens with zero attached hydrogens (tertiary/aromatic N) is 1. The minimum Gasteiger partial charge on any atom is -0.436 e. The number of hydrogen-bond acceptors (Lipinski definition) is 3. The van der Waals surface area contributed by atoms with Crippen LogP contribution in [0.25, 0.3) is 0 Å². The van der Waals surface area contributed by atoms with Crippen molar-refractivity contribution in [3.8, 4) is 11.6 Å². The number of benzene rings is 1. The van der Waals surface area contributed by atoms with E-state index in [2.05, 4.69) is 4.98 Å². The summed E-state index contributed by atoms with van der Waals surface area (Å²) in [5, 5.41) is 0. The number of hydrogen-bond donors (Lipinski definition) is 1. The summed E-state index contributed by atoms with van der Waals surface area (Å²) in [6, 6.07) is 7.86. The third-order valence-corrected chi connectivity index (χ3v) is 2.66. The van der Waals surface area contributed by atoms with Gasteiger partial charge in [0.25, 0.3) is 5.88 Å². The second-order valence-corrected chi connectivity index (χ2v) is 4.47. The Labute approximate surface area is 110 Å². The van der Waals surface area contributed by atoms with Crippen LogP contribution in [-0.4, -0.2) is 4.98 Å². The van der Waals surface area contributed by atoms with Crippen LogP contribution in [0.4, 0.5) is 14.6 Å². The lowest BCUT2D eigenvalue weighted by Gasteiger charge is -2.10. The van der Waals surface area contributed by atoms with Crippen LogP contribution in [-0.2, 0) is 0 Å². The standard InChI is InChI=1S/C14H14F2N2O/c1-8(2)9-4-3-5-10(6-9)19-14-12(16)7-11(15)13(17)18-14/h3-8H,1-2H3,(H2,17,18). The van der Waals surface area contributed by atoms with E-state index in [9.17, 15) is 8.78 Å². The molecule has 19 heavy (non-hydrogen) atoms. The van der Waals surface area contributed by atoms with E-state index in [1.807, 2.05) is 19.9 Å². The van der Waals surface area contributed by atoms with Gasteiger partial charge < -0.3 is 10.5 Å². The smallest absolute Gasteiger partial charge is 0.258 e. The summed E-state index contributed by atoms with van der Waals surface area (Å²) in [5.41, 5.74) is 6.34. The van der Waals surface area contributed by atoms with Gasteiger partial charge in [0.1, 0.15) is 5.75 Å². The Kier molecular flexibility index (Phi) is 3.64. The minimum atomic E-state index is -0.902. The summed E-state index contributed by atoms with van der Waals surface area (Å²) >= 11 is 0. The van der Waals surface area contributed by atoms with E-state index >= 15 is 0 Å². The SMILES string of the molecule is CC(C)c1cccc(Oc2nc(N)c(F)cc2F)c1. The Morgan fingerprint density at radius 2 is 1.89 bits per heavy atom. The third-order valence-electron chi connectivity index (χ3n) is 2.66. The molecule has 5 heteroatoms. The van der Waals surface area contributed by atoms with Crippen molar-refractivity contribution in [1.29, 1.82) is 0 Å². The molecule has 0 atom stereocenters. The molecule has 0 aliphatic carbocycles. The third kappa shape index (κ3) is 2.99. The fourth-order valence-electron chi connectivity index (χ4n) is 1.58. The molecule has 2 aromatic rings. The van der Waals surface area contributed by atoms with Crippen molar-refractivity contribution in [3.63, 3.8) is 0 Å². The lowest BCUT2D eigenvalue weighted by Crippen LogP contribution is -2.00. The predicted octanol–water partition coefficient (Wildman–Crippen LogP) is 3.86. The molecule has 2 rings (SSSR count). The molecule has 1 heterocycles. The molecule has 0 spiro atoms. The Morgan fingerprint density at radius 1 is 1.16 bits per heavy atom. The van der Waals surface area contributed by atoms with E-state index in [-0.39, 0.29) is 5.88 Å². The molecule has 0 bridgehead atoms. The first-order valence-electron chi connectivity index (χ1n) is 5.86. The molecule has 0 saturated heterocycles. The number of halogens is 2. The van der Waals surface area contributed by atoms with E-state index < -0.39 is 17.5 Å². The van der Waals surface area contributed by atoms with Crippen LogP contribution in [0.3, 0.4) is 0 Å². The predicted molar refractivity (Wildman–Crippen MR) is 69.2 cm³/mol. The highest BCUT2D eigenvalue weighted by atomic mass is 19.1. The zero-order valence-electron chi connectivity index (χ0n) is 10.7. The monoisotopic (exact) mass is 264 g/mol. The van der Waals surface area contributed by atoms with Gasteiger partial charge in [0.05, 0.1) is 0 Å². The minimum absolute atomic E-state index is 0.319.